The van der Waals surface area contributed by atoms with Crippen LogP contribution in [-0.4, -0.2) is 31.3 Å². The van der Waals surface area contributed by atoms with Gasteiger partial charge in [-0.2, -0.15) is 0 Å². The van der Waals surface area contributed by atoms with Crippen molar-refractivity contribution in [2.45, 2.75) is 38.9 Å². The van der Waals surface area contributed by atoms with Crippen LogP contribution in [-0.2, 0) is 9.53 Å². The highest BCUT2D eigenvalue weighted by Gasteiger charge is 2.17. The van der Waals surface area contributed by atoms with Gasteiger partial charge >= 0.3 is 0 Å². The Labute approximate surface area is 154 Å². The van der Waals surface area contributed by atoms with Crippen molar-refractivity contribution in [2.75, 3.05) is 18.5 Å². The van der Waals surface area contributed by atoms with E-state index in [1.165, 1.54) is 0 Å². The summed E-state index contributed by atoms with van der Waals surface area (Å²) in [6.07, 6.45) is 1.68. The van der Waals surface area contributed by atoms with Crippen LogP contribution in [0.3, 0.4) is 0 Å². The Bertz CT molecular complexity index is 740. The molecule has 5 heteroatoms. The zero-order chi connectivity index (χ0) is 18.4. The van der Waals surface area contributed by atoms with Gasteiger partial charge in [0.1, 0.15) is 18.1 Å². The number of hydrogen-bond acceptors (Lipinski definition) is 4. The predicted octanol–water partition coefficient (Wildman–Crippen LogP) is 3.96. The molecule has 0 bridgehead atoms. The maximum atomic E-state index is 12.4. The third kappa shape index (κ3) is 4.99. The average molecular weight is 355 g/mol. The maximum Gasteiger partial charge on any atom is 0.265 e. The highest BCUT2D eigenvalue weighted by atomic mass is 16.5. The van der Waals surface area contributed by atoms with Crippen molar-refractivity contribution in [3.8, 4) is 11.5 Å². The van der Waals surface area contributed by atoms with Gasteiger partial charge in [0.2, 0.25) is 0 Å². The molecule has 0 saturated carbocycles. The molecule has 2 atom stereocenters. The molecule has 0 aliphatic carbocycles. The van der Waals surface area contributed by atoms with Crippen LogP contribution < -0.4 is 14.8 Å². The van der Waals surface area contributed by atoms with E-state index in [4.69, 9.17) is 14.2 Å². The minimum absolute atomic E-state index is 0.163. The Kier molecular flexibility index (Phi) is 6.12. The second kappa shape index (κ2) is 8.72. The molecule has 1 heterocycles. The number of rotatable bonds is 7. The van der Waals surface area contributed by atoms with Gasteiger partial charge in [0, 0.05) is 18.4 Å². The fourth-order valence-corrected chi connectivity index (χ4v) is 2.81. The predicted molar refractivity (Wildman–Crippen MR) is 101 cm³/mol. The Morgan fingerprint density at radius 1 is 1.27 bits per heavy atom. The summed E-state index contributed by atoms with van der Waals surface area (Å²) < 4.78 is 17.1. The van der Waals surface area contributed by atoms with Crippen LogP contribution >= 0.6 is 0 Å². The van der Waals surface area contributed by atoms with E-state index < -0.39 is 6.10 Å². The smallest absolute Gasteiger partial charge is 0.265 e. The van der Waals surface area contributed by atoms with Gasteiger partial charge in [-0.15, -0.1) is 0 Å². The lowest BCUT2D eigenvalue weighted by molar-refractivity contribution is -0.122. The van der Waals surface area contributed by atoms with E-state index in [-0.39, 0.29) is 12.0 Å². The standard InChI is InChI=1S/C21H25NO4/c1-15-7-3-4-11-20(15)26-16(2)21(23)22-17-8-5-9-18(13-17)25-14-19-10-6-12-24-19/h3-5,7-9,11,13,16,19H,6,10,12,14H2,1-2H3,(H,22,23). The number of aryl methyl sites for hydroxylation is 1. The molecule has 1 aliphatic heterocycles. The molecule has 0 spiro atoms. The first-order valence-electron chi connectivity index (χ1n) is 8.99. The molecule has 1 amide bonds. The third-order valence-corrected chi connectivity index (χ3v) is 4.33. The van der Waals surface area contributed by atoms with Crippen molar-refractivity contribution < 1.29 is 19.0 Å². The lowest BCUT2D eigenvalue weighted by atomic mass is 10.2. The van der Waals surface area contributed by atoms with E-state index in [1.54, 1.807) is 6.92 Å². The molecule has 1 N–H and O–H groups in total. The van der Waals surface area contributed by atoms with Crippen LogP contribution in [0.15, 0.2) is 48.5 Å². The lowest BCUT2D eigenvalue weighted by Gasteiger charge is -2.17. The number of hydrogen-bond donors (Lipinski definition) is 1. The molecule has 1 fully saturated rings. The van der Waals surface area contributed by atoms with Crippen molar-refractivity contribution in [3.63, 3.8) is 0 Å². The van der Waals surface area contributed by atoms with Gasteiger partial charge in [0.05, 0.1) is 6.10 Å². The molecule has 2 aromatic rings. The van der Waals surface area contributed by atoms with Crippen LogP contribution in [0.25, 0.3) is 0 Å². The average Bonchev–Trinajstić information content (AvgIpc) is 3.16. The lowest BCUT2D eigenvalue weighted by Crippen LogP contribution is -2.30. The monoisotopic (exact) mass is 355 g/mol. The van der Waals surface area contributed by atoms with Gasteiger partial charge in [-0.3, -0.25) is 4.79 Å². The number of para-hydroxylation sites is 1. The van der Waals surface area contributed by atoms with Crippen molar-refractivity contribution in [1.29, 1.82) is 0 Å². The van der Waals surface area contributed by atoms with E-state index in [0.717, 1.165) is 25.0 Å². The SMILES string of the molecule is Cc1ccccc1OC(C)C(=O)Nc1cccc(OCC2CCCO2)c1. The van der Waals surface area contributed by atoms with E-state index in [1.807, 2.05) is 55.5 Å². The molecule has 1 aliphatic rings. The zero-order valence-corrected chi connectivity index (χ0v) is 15.2. The van der Waals surface area contributed by atoms with Crippen molar-refractivity contribution in [1.82, 2.24) is 0 Å². The first-order valence-corrected chi connectivity index (χ1v) is 8.99. The normalized spacial score (nSPS) is 17.5. The Morgan fingerprint density at radius 2 is 2.12 bits per heavy atom. The molecule has 2 unspecified atom stereocenters. The molecule has 1 saturated heterocycles. The van der Waals surface area contributed by atoms with Gasteiger partial charge in [0.15, 0.2) is 6.10 Å². The summed E-state index contributed by atoms with van der Waals surface area (Å²) in [6.45, 7) is 5.03. The first kappa shape index (κ1) is 18.3. The Balaban J connectivity index is 1.54. The molecule has 26 heavy (non-hydrogen) atoms. The minimum atomic E-state index is -0.604. The molecule has 0 radical (unpaired) electrons. The summed E-state index contributed by atoms with van der Waals surface area (Å²) in [5, 5.41) is 2.87. The molecule has 0 aromatic heterocycles. The zero-order valence-electron chi connectivity index (χ0n) is 15.2. The van der Waals surface area contributed by atoms with Crippen molar-refractivity contribution >= 4 is 11.6 Å². The van der Waals surface area contributed by atoms with Crippen LogP contribution in [0.4, 0.5) is 5.69 Å². The summed E-state index contributed by atoms with van der Waals surface area (Å²) in [6, 6.07) is 15.0. The van der Waals surface area contributed by atoms with E-state index in [9.17, 15) is 4.79 Å². The van der Waals surface area contributed by atoms with Crippen LogP contribution in [0.5, 0.6) is 11.5 Å². The van der Waals surface area contributed by atoms with E-state index >= 15 is 0 Å². The first-order chi connectivity index (χ1) is 12.6. The number of benzene rings is 2. The number of ether oxygens (including phenoxy) is 3. The summed E-state index contributed by atoms with van der Waals surface area (Å²) >= 11 is 0. The van der Waals surface area contributed by atoms with Crippen molar-refractivity contribution in [3.05, 3.63) is 54.1 Å². The van der Waals surface area contributed by atoms with Gasteiger partial charge in [-0.05, 0) is 50.5 Å². The molecular weight excluding hydrogens is 330 g/mol. The number of amides is 1. The number of nitrogens with one attached hydrogen (secondary N) is 1. The van der Waals surface area contributed by atoms with Crippen LogP contribution in [0.2, 0.25) is 0 Å². The fourth-order valence-electron chi connectivity index (χ4n) is 2.81. The Morgan fingerprint density at radius 3 is 2.88 bits per heavy atom. The molecule has 5 nitrogen and oxygen atoms in total. The van der Waals surface area contributed by atoms with Gasteiger partial charge < -0.3 is 19.5 Å². The topological polar surface area (TPSA) is 56.8 Å². The second-order valence-corrected chi connectivity index (χ2v) is 6.49. The number of carbonyl (C=O) groups excluding carboxylic acids is 1. The van der Waals surface area contributed by atoms with Gasteiger partial charge in [0.25, 0.3) is 5.91 Å². The third-order valence-electron chi connectivity index (χ3n) is 4.33. The largest absolute Gasteiger partial charge is 0.491 e. The highest BCUT2D eigenvalue weighted by Crippen LogP contribution is 2.21. The van der Waals surface area contributed by atoms with Gasteiger partial charge in [-0.25, -0.2) is 0 Å². The van der Waals surface area contributed by atoms with Gasteiger partial charge in [-0.1, -0.05) is 24.3 Å². The Hall–Kier alpha value is -2.53. The molecule has 3 rings (SSSR count). The second-order valence-electron chi connectivity index (χ2n) is 6.49. The summed E-state index contributed by atoms with van der Waals surface area (Å²) in [7, 11) is 0. The summed E-state index contributed by atoms with van der Waals surface area (Å²) in [4.78, 5) is 12.4. The maximum absolute atomic E-state index is 12.4. The number of anilines is 1. The van der Waals surface area contributed by atoms with Crippen LogP contribution in [0.1, 0.15) is 25.3 Å². The molecular formula is C21H25NO4. The minimum Gasteiger partial charge on any atom is -0.491 e. The highest BCUT2D eigenvalue weighted by molar-refractivity contribution is 5.94. The number of carbonyl (C=O) groups is 1. The fraction of sp³-hybridized carbons (Fsp3) is 0.381. The quantitative estimate of drug-likeness (QED) is 0.817. The van der Waals surface area contributed by atoms with Crippen LogP contribution in [0, 0.1) is 6.92 Å². The van der Waals surface area contributed by atoms with E-state index in [0.29, 0.717) is 23.8 Å². The molecule has 2 aromatic carbocycles. The summed E-state index contributed by atoms with van der Waals surface area (Å²) in [5.41, 5.74) is 1.68. The van der Waals surface area contributed by atoms with E-state index in [2.05, 4.69) is 5.32 Å². The summed E-state index contributed by atoms with van der Waals surface area (Å²) in [5.74, 6) is 1.22. The molecule has 138 valence electrons. The van der Waals surface area contributed by atoms with Crippen molar-refractivity contribution in [2.24, 2.45) is 0 Å².